The summed E-state index contributed by atoms with van der Waals surface area (Å²) in [6, 6.07) is 12.8. The molecule has 0 aliphatic heterocycles. The second-order valence-electron chi connectivity index (χ2n) is 6.42. The molecule has 4 rings (SSSR count). The van der Waals surface area contributed by atoms with Crippen molar-refractivity contribution >= 4 is 48.8 Å². The number of azo groups is 1. The highest BCUT2D eigenvalue weighted by molar-refractivity contribution is 9.10. The van der Waals surface area contributed by atoms with Gasteiger partial charge in [0.25, 0.3) is 10.1 Å². The standard InChI is InChI=1S/C19H14BrN5O4S2/c1-11-17(23-22-14-6-8-15(9-7-14)31(27,28)29)18(26)25(24-11)19-21-16(10-30-19)12-2-4-13(20)5-3-12/h2-10,24H,1H3,(H,27,28,29). The van der Waals surface area contributed by atoms with E-state index in [0.717, 1.165) is 15.7 Å². The highest BCUT2D eigenvalue weighted by Gasteiger charge is 2.15. The van der Waals surface area contributed by atoms with Crippen LogP contribution in [-0.2, 0) is 10.1 Å². The van der Waals surface area contributed by atoms with E-state index in [-0.39, 0.29) is 10.6 Å². The molecule has 0 amide bonds. The lowest BCUT2D eigenvalue weighted by Crippen LogP contribution is -2.13. The van der Waals surface area contributed by atoms with E-state index >= 15 is 0 Å². The van der Waals surface area contributed by atoms with Crippen LogP contribution in [0, 0.1) is 6.92 Å². The maximum Gasteiger partial charge on any atom is 0.301 e. The highest BCUT2D eigenvalue weighted by Crippen LogP contribution is 2.26. The lowest BCUT2D eigenvalue weighted by Gasteiger charge is -1.97. The number of hydrogen-bond donors (Lipinski definition) is 2. The molecule has 9 nitrogen and oxygen atoms in total. The normalized spacial score (nSPS) is 12.0. The third kappa shape index (κ3) is 4.56. The van der Waals surface area contributed by atoms with Gasteiger partial charge in [0, 0.05) is 15.4 Å². The summed E-state index contributed by atoms with van der Waals surface area (Å²) in [5, 5.41) is 13.3. The fourth-order valence-electron chi connectivity index (χ4n) is 2.70. The van der Waals surface area contributed by atoms with Crippen molar-refractivity contribution < 1.29 is 13.0 Å². The molecule has 2 heterocycles. The number of hydrogen-bond acceptors (Lipinski definition) is 7. The molecule has 0 radical (unpaired) electrons. The summed E-state index contributed by atoms with van der Waals surface area (Å²) in [5.74, 6) is 0. The number of rotatable bonds is 5. The Morgan fingerprint density at radius 1 is 1.10 bits per heavy atom. The fourth-order valence-corrected chi connectivity index (χ4v) is 4.24. The molecule has 2 aromatic carbocycles. The molecule has 0 atom stereocenters. The van der Waals surface area contributed by atoms with Crippen molar-refractivity contribution in [2.45, 2.75) is 11.8 Å². The minimum absolute atomic E-state index is 0.110. The Kier molecular flexibility index (Phi) is 5.71. The third-order valence-electron chi connectivity index (χ3n) is 4.26. The van der Waals surface area contributed by atoms with Gasteiger partial charge in [0.05, 0.1) is 22.0 Å². The minimum Gasteiger partial charge on any atom is -0.291 e. The van der Waals surface area contributed by atoms with Crippen molar-refractivity contribution in [3.63, 3.8) is 0 Å². The molecule has 31 heavy (non-hydrogen) atoms. The van der Waals surface area contributed by atoms with Crippen LogP contribution in [0.2, 0.25) is 0 Å². The molecule has 4 aromatic rings. The number of thiazole rings is 1. The Hall–Kier alpha value is -2.93. The Morgan fingerprint density at radius 3 is 2.42 bits per heavy atom. The fraction of sp³-hybridized carbons (Fsp3) is 0.0526. The predicted molar refractivity (Wildman–Crippen MR) is 120 cm³/mol. The summed E-state index contributed by atoms with van der Waals surface area (Å²) in [4.78, 5) is 17.1. The zero-order valence-electron chi connectivity index (χ0n) is 15.9. The van der Waals surface area contributed by atoms with Crippen molar-refractivity contribution in [3.05, 3.63) is 74.4 Å². The summed E-state index contributed by atoms with van der Waals surface area (Å²) >= 11 is 4.71. The number of aromatic amines is 1. The first kappa shape index (κ1) is 21.3. The second kappa shape index (κ2) is 8.30. The number of halogens is 1. The first-order valence-corrected chi connectivity index (χ1v) is 11.9. The van der Waals surface area contributed by atoms with Gasteiger partial charge in [0.15, 0.2) is 5.69 Å². The van der Waals surface area contributed by atoms with E-state index in [0.29, 0.717) is 16.5 Å². The highest BCUT2D eigenvalue weighted by atomic mass is 79.9. The van der Waals surface area contributed by atoms with Crippen LogP contribution in [-0.4, -0.2) is 27.7 Å². The number of nitrogens with one attached hydrogen (secondary N) is 1. The van der Waals surface area contributed by atoms with E-state index in [2.05, 4.69) is 36.2 Å². The smallest absolute Gasteiger partial charge is 0.291 e. The maximum absolute atomic E-state index is 12.8. The van der Waals surface area contributed by atoms with Crippen molar-refractivity contribution in [3.8, 4) is 16.4 Å². The van der Waals surface area contributed by atoms with E-state index in [1.807, 2.05) is 29.6 Å². The van der Waals surface area contributed by atoms with E-state index in [9.17, 15) is 13.2 Å². The topological polar surface area (TPSA) is 130 Å². The van der Waals surface area contributed by atoms with Gasteiger partial charge >= 0.3 is 5.56 Å². The Balaban J connectivity index is 1.62. The molecular formula is C19H14BrN5O4S2. The molecule has 0 unspecified atom stereocenters. The SMILES string of the molecule is Cc1[nH]n(-c2nc(-c3ccc(Br)cc3)cs2)c(=O)c1N=Nc1ccc(S(=O)(=O)O)cc1. The number of benzene rings is 2. The first-order valence-electron chi connectivity index (χ1n) is 8.75. The quantitative estimate of drug-likeness (QED) is 0.282. The molecule has 0 saturated heterocycles. The lowest BCUT2D eigenvalue weighted by molar-refractivity contribution is 0.483. The van der Waals surface area contributed by atoms with E-state index < -0.39 is 15.7 Å². The van der Waals surface area contributed by atoms with Gasteiger partial charge < -0.3 is 0 Å². The predicted octanol–water partition coefficient (Wildman–Crippen LogP) is 5.02. The van der Waals surface area contributed by atoms with Crippen LogP contribution in [0.15, 0.2) is 78.3 Å². The van der Waals surface area contributed by atoms with E-state index in [1.165, 1.54) is 40.3 Å². The van der Waals surface area contributed by atoms with Crippen LogP contribution in [0.5, 0.6) is 0 Å². The summed E-state index contributed by atoms with van der Waals surface area (Å²) in [7, 11) is -4.29. The number of H-pyrrole nitrogens is 1. The van der Waals surface area contributed by atoms with Crippen LogP contribution in [0.1, 0.15) is 5.69 Å². The number of aromatic nitrogens is 3. The largest absolute Gasteiger partial charge is 0.301 e. The summed E-state index contributed by atoms with van der Waals surface area (Å²) < 4.78 is 33.5. The second-order valence-corrected chi connectivity index (χ2v) is 9.59. The Morgan fingerprint density at radius 2 is 1.77 bits per heavy atom. The van der Waals surface area contributed by atoms with Crippen molar-refractivity contribution in [2.75, 3.05) is 0 Å². The third-order valence-corrected chi connectivity index (χ3v) is 6.49. The molecule has 0 bridgehead atoms. The summed E-state index contributed by atoms with van der Waals surface area (Å²) in [6.45, 7) is 1.69. The monoisotopic (exact) mass is 519 g/mol. The molecule has 158 valence electrons. The zero-order chi connectivity index (χ0) is 22.2. The number of aryl methyl sites for hydroxylation is 1. The molecule has 0 spiro atoms. The van der Waals surface area contributed by atoms with Gasteiger partial charge in [-0.1, -0.05) is 28.1 Å². The van der Waals surface area contributed by atoms with Crippen LogP contribution in [0.3, 0.4) is 0 Å². The molecule has 2 aromatic heterocycles. The molecule has 0 fully saturated rings. The Labute approximate surface area is 189 Å². The van der Waals surface area contributed by atoms with E-state index in [1.54, 1.807) is 6.92 Å². The molecule has 12 heteroatoms. The van der Waals surface area contributed by atoms with Gasteiger partial charge in [0.1, 0.15) is 0 Å². The van der Waals surface area contributed by atoms with Gasteiger partial charge in [-0.2, -0.15) is 18.2 Å². The lowest BCUT2D eigenvalue weighted by atomic mass is 10.2. The van der Waals surface area contributed by atoms with Gasteiger partial charge in [-0.05, 0) is 43.3 Å². The van der Waals surface area contributed by atoms with Crippen LogP contribution in [0.4, 0.5) is 11.4 Å². The van der Waals surface area contributed by atoms with Gasteiger partial charge in [-0.25, -0.2) is 4.98 Å². The van der Waals surface area contributed by atoms with Crippen molar-refractivity contribution in [1.29, 1.82) is 0 Å². The summed E-state index contributed by atoms with van der Waals surface area (Å²) in [5.41, 5.74) is 2.20. The number of nitrogens with zero attached hydrogens (tertiary/aromatic N) is 4. The molecule has 0 aliphatic carbocycles. The van der Waals surface area contributed by atoms with Gasteiger partial charge in [-0.15, -0.1) is 16.5 Å². The molecule has 0 aliphatic rings. The van der Waals surface area contributed by atoms with Crippen molar-refractivity contribution in [1.82, 2.24) is 14.8 Å². The molecule has 0 saturated carbocycles. The molecule has 2 N–H and O–H groups in total. The Bertz CT molecular complexity index is 1440. The average molecular weight is 520 g/mol. The molecular weight excluding hydrogens is 506 g/mol. The maximum atomic E-state index is 12.8. The van der Waals surface area contributed by atoms with Crippen LogP contribution >= 0.6 is 27.3 Å². The van der Waals surface area contributed by atoms with Crippen molar-refractivity contribution in [2.24, 2.45) is 10.2 Å². The van der Waals surface area contributed by atoms with Gasteiger partial charge in [-0.3, -0.25) is 14.4 Å². The average Bonchev–Trinajstić information content (AvgIpc) is 3.32. The minimum atomic E-state index is -4.29. The van der Waals surface area contributed by atoms with Crippen LogP contribution in [0.25, 0.3) is 16.4 Å². The first-order chi connectivity index (χ1) is 14.7. The van der Waals surface area contributed by atoms with E-state index in [4.69, 9.17) is 4.55 Å². The summed E-state index contributed by atoms with van der Waals surface area (Å²) in [6.07, 6.45) is 0. The van der Waals surface area contributed by atoms with Gasteiger partial charge in [0.2, 0.25) is 5.13 Å². The van der Waals surface area contributed by atoms with Crippen LogP contribution < -0.4 is 5.56 Å². The zero-order valence-corrected chi connectivity index (χ0v) is 19.1.